The lowest BCUT2D eigenvalue weighted by Crippen LogP contribution is -2.16. The van der Waals surface area contributed by atoms with Gasteiger partial charge in [0.2, 0.25) is 0 Å². The summed E-state index contributed by atoms with van der Waals surface area (Å²) in [7, 11) is 0. The van der Waals surface area contributed by atoms with E-state index in [2.05, 4.69) is 19.1 Å². The number of hydrogen-bond donors (Lipinski definition) is 0. The molecule has 1 aromatic rings. The average molecular weight is 416 g/mol. The highest BCUT2D eigenvalue weighted by Crippen LogP contribution is 2.28. The van der Waals surface area contributed by atoms with Gasteiger partial charge in [-0.15, -0.1) is 0 Å². The van der Waals surface area contributed by atoms with Crippen molar-refractivity contribution in [3.05, 3.63) is 42.8 Å². The number of rotatable bonds is 18. The minimum absolute atomic E-state index is 0.0899. The first-order valence-electron chi connectivity index (χ1n) is 12.9. The van der Waals surface area contributed by atoms with E-state index in [1.54, 1.807) is 0 Å². The third kappa shape index (κ3) is 13.4. The van der Waals surface area contributed by atoms with Crippen molar-refractivity contribution in [1.29, 1.82) is 0 Å². The van der Waals surface area contributed by atoms with Crippen molar-refractivity contribution >= 4 is 0 Å². The van der Waals surface area contributed by atoms with Crippen LogP contribution in [0.1, 0.15) is 108 Å². The van der Waals surface area contributed by atoms with Crippen molar-refractivity contribution < 1.29 is 9.47 Å². The van der Waals surface area contributed by atoms with E-state index in [1.165, 1.54) is 102 Å². The minimum atomic E-state index is -0.0899. The molecule has 30 heavy (non-hydrogen) atoms. The van der Waals surface area contributed by atoms with E-state index in [0.29, 0.717) is 13.2 Å². The summed E-state index contributed by atoms with van der Waals surface area (Å²) in [4.78, 5) is 0. The maximum absolute atomic E-state index is 5.73. The van der Waals surface area contributed by atoms with Crippen LogP contribution in [0.3, 0.4) is 0 Å². The predicted octanol–water partition coefficient (Wildman–Crippen LogP) is 8.29. The fourth-order valence-electron chi connectivity index (χ4n) is 4.58. The van der Waals surface area contributed by atoms with Crippen LogP contribution in [-0.4, -0.2) is 19.3 Å². The second kappa shape index (κ2) is 17.8. The van der Waals surface area contributed by atoms with Crippen molar-refractivity contribution in [3.8, 4) is 0 Å². The molecule has 171 valence electrons. The van der Waals surface area contributed by atoms with Gasteiger partial charge in [-0.25, -0.2) is 0 Å². The highest BCUT2D eigenvalue weighted by atomic mass is 16.5. The van der Waals surface area contributed by atoms with Crippen LogP contribution in [-0.2, 0) is 16.1 Å². The number of benzene rings is 1. The molecular weight excluding hydrogens is 368 g/mol. The predicted molar refractivity (Wildman–Crippen MR) is 129 cm³/mol. The van der Waals surface area contributed by atoms with Gasteiger partial charge in [0.05, 0.1) is 19.3 Å². The van der Waals surface area contributed by atoms with Crippen molar-refractivity contribution in [1.82, 2.24) is 0 Å². The van der Waals surface area contributed by atoms with Crippen molar-refractivity contribution in [3.63, 3.8) is 0 Å². The SMILES string of the molecule is [CH2]C(COCCCCCCCCCCCCC1CCCCC1)OCc1ccccc1. The molecular formula is C28H47O2. The summed E-state index contributed by atoms with van der Waals surface area (Å²) in [5.41, 5.74) is 1.19. The Morgan fingerprint density at radius 2 is 1.37 bits per heavy atom. The first kappa shape index (κ1) is 25.4. The molecule has 0 bridgehead atoms. The molecule has 0 N–H and O–H groups in total. The second-order valence-electron chi connectivity index (χ2n) is 9.32. The zero-order chi connectivity index (χ0) is 21.1. The fourth-order valence-corrected chi connectivity index (χ4v) is 4.58. The second-order valence-corrected chi connectivity index (χ2v) is 9.32. The van der Waals surface area contributed by atoms with Gasteiger partial charge in [-0.05, 0) is 24.8 Å². The Hall–Kier alpha value is -0.860. The third-order valence-corrected chi connectivity index (χ3v) is 6.51. The van der Waals surface area contributed by atoms with E-state index in [1.807, 2.05) is 18.2 Å². The van der Waals surface area contributed by atoms with Crippen LogP contribution in [0.15, 0.2) is 30.3 Å². The summed E-state index contributed by atoms with van der Waals surface area (Å²) in [5, 5.41) is 0. The normalized spacial score (nSPS) is 16.0. The van der Waals surface area contributed by atoms with Gasteiger partial charge in [-0.3, -0.25) is 0 Å². The van der Waals surface area contributed by atoms with Gasteiger partial charge in [0.15, 0.2) is 0 Å². The molecule has 2 heteroatoms. The summed E-state index contributed by atoms with van der Waals surface area (Å²) >= 11 is 0. The topological polar surface area (TPSA) is 18.5 Å². The maximum atomic E-state index is 5.73. The Balaban J connectivity index is 1.26. The molecule has 1 aliphatic rings. The van der Waals surface area contributed by atoms with Crippen LogP contribution in [0.25, 0.3) is 0 Å². The summed E-state index contributed by atoms with van der Waals surface area (Å²) in [5.74, 6) is 1.07. The maximum Gasteiger partial charge on any atom is 0.0814 e. The smallest absolute Gasteiger partial charge is 0.0814 e. The van der Waals surface area contributed by atoms with E-state index in [-0.39, 0.29) is 6.10 Å². The average Bonchev–Trinajstić information content (AvgIpc) is 2.79. The minimum Gasteiger partial charge on any atom is -0.379 e. The first-order valence-corrected chi connectivity index (χ1v) is 12.9. The van der Waals surface area contributed by atoms with Crippen molar-refractivity contribution in [2.24, 2.45) is 5.92 Å². The molecule has 1 unspecified atom stereocenters. The van der Waals surface area contributed by atoms with Gasteiger partial charge in [0, 0.05) is 6.61 Å². The summed E-state index contributed by atoms with van der Waals surface area (Å²) < 4.78 is 11.5. The Bertz CT molecular complexity index is 481. The zero-order valence-corrected chi connectivity index (χ0v) is 19.5. The molecule has 0 aliphatic heterocycles. The fraction of sp³-hybridized carbons (Fsp3) is 0.750. The molecule has 0 spiro atoms. The van der Waals surface area contributed by atoms with Crippen LogP contribution in [0.4, 0.5) is 0 Å². The number of hydrogen-bond acceptors (Lipinski definition) is 2. The lowest BCUT2D eigenvalue weighted by molar-refractivity contribution is -0.00217. The standard InChI is InChI=1S/C28H47O2/c1-26(30-25-28-21-15-11-16-22-28)24-29-23-17-9-7-5-3-2-4-6-8-12-18-27-19-13-10-14-20-27/h11,15-16,21-22,26-27H,1-10,12-14,17-20,23-25H2. The molecule has 0 saturated heterocycles. The van der Waals surface area contributed by atoms with Gasteiger partial charge in [0.25, 0.3) is 0 Å². The van der Waals surface area contributed by atoms with Gasteiger partial charge in [0.1, 0.15) is 0 Å². The largest absolute Gasteiger partial charge is 0.379 e. The lowest BCUT2D eigenvalue weighted by atomic mass is 9.85. The first-order chi connectivity index (χ1) is 14.8. The van der Waals surface area contributed by atoms with Crippen molar-refractivity contribution in [2.45, 2.75) is 115 Å². The Kier molecular flexibility index (Phi) is 15.1. The lowest BCUT2D eigenvalue weighted by Gasteiger charge is -2.21. The van der Waals surface area contributed by atoms with E-state index >= 15 is 0 Å². The van der Waals surface area contributed by atoms with Crippen molar-refractivity contribution in [2.75, 3.05) is 13.2 Å². The molecule has 0 heterocycles. The molecule has 2 nitrogen and oxygen atoms in total. The number of ether oxygens (including phenoxy) is 2. The molecule has 0 amide bonds. The zero-order valence-electron chi connectivity index (χ0n) is 19.5. The van der Waals surface area contributed by atoms with Gasteiger partial charge in [-0.2, -0.15) is 0 Å². The van der Waals surface area contributed by atoms with Crippen LogP contribution < -0.4 is 0 Å². The van der Waals surface area contributed by atoms with E-state index < -0.39 is 0 Å². The van der Waals surface area contributed by atoms with Gasteiger partial charge in [-0.1, -0.05) is 127 Å². The highest BCUT2D eigenvalue weighted by Gasteiger charge is 2.12. The molecule has 0 aromatic heterocycles. The molecule has 1 fully saturated rings. The van der Waals surface area contributed by atoms with Crippen LogP contribution in [0, 0.1) is 12.8 Å². The highest BCUT2D eigenvalue weighted by molar-refractivity contribution is 5.13. The summed E-state index contributed by atoms with van der Waals surface area (Å²) in [6, 6.07) is 10.2. The molecule has 1 aromatic carbocycles. The van der Waals surface area contributed by atoms with Crippen LogP contribution in [0.2, 0.25) is 0 Å². The molecule has 2 rings (SSSR count). The van der Waals surface area contributed by atoms with E-state index in [0.717, 1.165) is 18.9 Å². The summed E-state index contributed by atoms with van der Waals surface area (Å²) in [6.07, 6.45) is 22.8. The molecule has 1 atom stereocenters. The van der Waals surface area contributed by atoms with Gasteiger partial charge >= 0.3 is 0 Å². The van der Waals surface area contributed by atoms with Crippen LogP contribution in [0.5, 0.6) is 0 Å². The quantitative estimate of drug-likeness (QED) is 0.224. The van der Waals surface area contributed by atoms with Crippen LogP contribution >= 0.6 is 0 Å². The van der Waals surface area contributed by atoms with E-state index in [9.17, 15) is 0 Å². The molecule has 1 aliphatic carbocycles. The Labute approximate surface area is 187 Å². The molecule has 1 radical (unpaired) electrons. The van der Waals surface area contributed by atoms with Gasteiger partial charge < -0.3 is 9.47 Å². The Morgan fingerprint density at radius 3 is 2.03 bits per heavy atom. The third-order valence-electron chi connectivity index (χ3n) is 6.51. The van der Waals surface area contributed by atoms with E-state index in [4.69, 9.17) is 9.47 Å². The monoisotopic (exact) mass is 415 g/mol. The number of unbranched alkanes of at least 4 members (excludes halogenated alkanes) is 9. The Morgan fingerprint density at radius 1 is 0.767 bits per heavy atom. The molecule has 1 saturated carbocycles. The summed E-state index contributed by atoms with van der Waals surface area (Å²) in [6.45, 7) is 6.06.